The molecule has 2 N–H and O–H groups in total. The van der Waals surface area contributed by atoms with E-state index in [9.17, 15) is 4.79 Å². The van der Waals surface area contributed by atoms with Crippen molar-refractivity contribution >= 4 is 22.0 Å². The first kappa shape index (κ1) is 15.5. The van der Waals surface area contributed by atoms with Gasteiger partial charge in [-0.3, -0.25) is 4.98 Å². The van der Waals surface area contributed by atoms with Crippen LogP contribution in [0, 0.1) is 18.3 Å². The van der Waals surface area contributed by atoms with Crippen molar-refractivity contribution in [2.24, 2.45) is 5.92 Å². The van der Waals surface area contributed by atoms with E-state index >= 15 is 0 Å². The standard InChI is InChI=1S/C14H18BrN3O/c1-5-12(9(2)3)18-14(19)17-10(4)13-7-6-11(15)8-16-13/h1,6-10,12H,2-4H3,(H2,17,18,19)/t10-,12+/m0/s1. The smallest absolute Gasteiger partial charge is 0.316 e. The minimum absolute atomic E-state index is 0.182. The van der Waals surface area contributed by atoms with Crippen LogP contribution in [0.25, 0.3) is 0 Å². The van der Waals surface area contributed by atoms with Gasteiger partial charge in [0.05, 0.1) is 17.8 Å². The second kappa shape index (κ2) is 7.15. The molecule has 1 aromatic rings. The van der Waals surface area contributed by atoms with Gasteiger partial charge in [0.15, 0.2) is 0 Å². The number of rotatable bonds is 4. The third-order valence-corrected chi connectivity index (χ3v) is 3.14. The van der Waals surface area contributed by atoms with E-state index in [-0.39, 0.29) is 24.0 Å². The number of aromatic nitrogens is 1. The monoisotopic (exact) mass is 323 g/mol. The van der Waals surface area contributed by atoms with E-state index < -0.39 is 0 Å². The number of carbonyl (C=O) groups is 1. The van der Waals surface area contributed by atoms with Gasteiger partial charge in [-0.25, -0.2) is 4.79 Å². The maximum absolute atomic E-state index is 11.8. The number of amides is 2. The van der Waals surface area contributed by atoms with Crippen LogP contribution >= 0.6 is 15.9 Å². The van der Waals surface area contributed by atoms with Crippen LogP contribution in [-0.4, -0.2) is 17.1 Å². The first-order chi connectivity index (χ1) is 8.93. The number of hydrogen-bond acceptors (Lipinski definition) is 2. The number of nitrogens with zero attached hydrogens (tertiary/aromatic N) is 1. The van der Waals surface area contributed by atoms with Gasteiger partial charge in [-0.15, -0.1) is 6.42 Å². The first-order valence-electron chi connectivity index (χ1n) is 6.08. The molecule has 2 atom stereocenters. The van der Waals surface area contributed by atoms with Gasteiger partial charge in [0, 0.05) is 10.7 Å². The molecule has 19 heavy (non-hydrogen) atoms. The minimum atomic E-state index is -0.283. The van der Waals surface area contributed by atoms with Crippen LogP contribution in [0.2, 0.25) is 0 Å². The van der Waals surface area contributed by atoms with Crippen molar-refractivity contribution in [3.8, 4) is 12.3 Å². The lowest BCUT2D eigenvalue weighted by Crippen LogP contribution is -2.44. The molecule has 0 bridgehead atoms. The van der Waals surface area contributed by atoms with Gasteiger partial charge in [0.25, 0.3) is 0 Å². The Balaban J connectivity index is 2.57. The molecule has 0 saturated heterocycles. The Morgan fingerprint density at radius 3 is 2.53 bits per heavy atom. The summed E-state index contributed by atoms with van der Waals surface area (Å²) >= 11 is 3.32. The largest absolute Gasteiger partial charge is 0.330 e. The highest BCUT2D eigenvalue weighted by Crippen LogP contribution is 2.13. The molecule has 2 amide bonds. The predicted molar refractivity (Wildman–Crippen MR) is 79.5 cm³/mol. The number of urea groups is 1. The molecule has 0 saturated carbocycles. The number of carbonyl (C=O) groups excluding carboxylic acids is 1. The van der Waals surface area contributed by atoms with Crippen LogP contribution in [0.1, 0.15) is 32.5 Å². The van der Waals surface area contributed by atoms with Crippen LogP contribution in [-0.2, 0) is 0 Å². The Labute approximate surface area is 122 Å². The zero-order chi connectivity index (χ0) is 14.4. The van der Waals surface area contributed by atoms with E-state index in [1.54, 1.807) is 6.20 Å². The molecule has 0 spiro atoms. The van der Waals surface area contributed by atoms with E-state index in [0.717, 1.165) is 10.2 Å². The van der Waals surface area contributed by atoms with Gasteiger partial charge < -0.3 is 10.6 Å². The Bertz CT molecular complexity index is 465. The van der Waals surface area contributed by atoms with Crippen molar-refractivity contribution in [2.75, 3.05) is 0 Å². The summed E-state index contributed by atoms with van der Waals surface area (Å²) in [6, 6.07) is 3.00. The van der Waals surface area contributed by atoms with Crippen molar-refractivity contribution in [3.63, 3.8) is 0 Å². The summed E-state index contributed by atoms with van der Waals surface area (Å²) < 4.78 is 0.903. The van der Waals surface area contributed by atoms with Gasteiger partial charge in [0.2, 0.25) is 0 Å². The van der Waals surface area contributed by atoms with Crippen LogP contribution in [0.5, 0.6) is 0 Å². The lowest BCUT2D eigenvalue weighted by Gasteiger charge is -2.19. The average Bonchev–Trinajstić information content (AvgIpc) is 2.36. The lowest BCUT2D eigenvalue weighted by atomic mass is 10.1. The summed E-state index contributed by atoms with van der Waals surface area (Å²) in [6.07, 6.45) is 7.07. The molecule has 0 aliphatic carbocycles. The Morgan fingerprint density at radius 1 is 1.37 bits per heavy atom. The Kier molecular flexibility index (Phi) is 5.84. The van der Waals surface area contributed by atoms with Crippen molar-refractivity contribution in [2.45, 2.75) is 32.9 Å². The Hall–Kier alpha value is -1.54. The number of halogens is 1. The number of terminal acetylenes is 1. The second-order valence-corrected chi connectivity index (χ2v) is 5.54. The molecule has 1 heterocycles. The quantitative estimate of drug-likeness (QED) is 0.837. The normalized spacial score (nSPS) is 13.5. The highest BCUT2D eigenvalue weighted by atomic mass is 79.9. The molecule has 0 fully saturated rings. The fourth-order valence-corrected chi connectivity index (χ4v) is 1.73. The van der Waals surface area contributed by atoms with Crippen molar-refractivity contribution < 1.29 is 4.79 Å². The van der Waals surface area contributed by atoms with Crippen LogP contribution in [0.15, 0.2) is 22.8 Å². The molecule has 102 valence electrons. The SMILES string of the molecule is C#C[C@@H](NC(=O)N[C@@H](C)c1ccc(Br)cn1)C(C)C. The van der Waals surface area contributed by atoms with Gasteiger partial charge in [-0.1, -0.05) is 19.8 Å². The van der Waals surface area contributed by atoms with E-state index in [2.05, 4.69) is 37.5 Å². The summed E-state index contributed by atoms with van der Waals surface area (Å²) in [5.41, 5.74) is 0.792. The molecule has 0 aliphatic rings. The summed E-state index contributed by atoms with van der Waals surface area (Å²) in [6.45, 7) is 5.80. The molecule has 0 unspecified atom stereocenters. The maximum Gasteiger partial charge on any atom is 0.316 e. The molecule has 1 rings (SSSR count). The summed E-state index contributed by atoms with van der Waals surface area (Å²) in [4.78, 5) is 16.0. The van der Waals surface area contributed by atoms with E-state index in [0.29, 0.717) is 0 Å². The van der Waals surface area contributed by atoms with Crippen LogP contribution in [0.3, 0.4) is 0 Å². The third-order valence-electron chi connectivity index (χ3n) is 2.67. The third kappa shape index (κ3) is 4.92. The molecule has 0 radical (unpaired) electrons. The zero-order valence-corrected chi connectivity index (χ0v) is 12.9. The van der Waals surface area contributed by atoms with Crippen molar-refractivity contribution in [1.29, 1.82) is 0 Å². The van der Waals surface area contributed by atoms with E-state index in [4.69, 9.17) is 6.42 Å². The predicted octanol–water partition coefficient (Wildman–Crippen LogP) is 2.86. The van der Waals surface area contributed by atoms with Gasteiger partial charge in [0.1, 0.15) is 0 Å². The van der Waals surface area contributed by atoms with Crippen LogP contribution < -0.4 is 10.6 Å². The fraction of sp³-hybridized carbons (Fsp3) is 0.429. The minimum Gasteiger partial charge on any atom is -0.330 e. The average molecular weight is 324 g/mol. The molecule has 0 aliphatic heterocycles. The molecule has 0 aromatic carbocycles. The van der Waals surface area contributed by atoms with Crippen molar-refractivity contribution in [1.82, 2.24) is 15.6 Å². The molecule has 5 heteroatoms. The Morgan fingerprint density at radius 2 is 2.05 bits per heavy atom. The van der Waals surface area contributed by atoms with E-state index in [1.807, 2.05) is 32.9 Å². The topological polar surface area (TPSA) is 54.0 Å². The summed E-state index contributed by atoms with van der Waals surface area (Å²) in [5, 5.41) is 5.57. The second-order valence-electron chi connectivity index (χ2n) is 4.63. The van der Waals surface area contributed by atoms with Crippen LogP contribution in [0.4, 0.5) is 4.79 Å². The van der Waals surface area contributed by atoms with Gasteiger partial charge >= 0.3 is 6.03 Å². The first-order valence-corrected chi connectivity index (χ1v) is 6.88. The summed E-state index contributed by atoms with van der Waals surface area (Å²) in [5.74, 6) is 2.75. The highest BCUT2D eigenvalue weighted by molar-refractivity contribution is 9.10. The van der Waals surface area contributed by atoms with Gasteiger partial charge in [-0.2, -0.15) is 0 Å². The fourth-order valence-electron chi connectivity index (χ4n) is 1.50. The van der Waals surface area contributed by atoms with Gasteiger partial charge in [-0.05, 0) is 40.9 Å². The number of hydrogen-bond donors (Lipinski definition) is 2. The maximum atomic E-state index is 11.8. The highest BCUT2D eigenvalue weighted by Gasteiger charge is 2.15. The number of pyridine rings is 1. The molecular formula is C14H18BrN3O. The molecule has 1 aromatic heterocycles. The molecule has 4 nitrogen and oxygen atoms in total. The number of nitrogens with one attached hydrogen (secondary N) is 2. The molecular weight excluding hydrogens is 306 g/mol. The zero-order valence-electron chi connectivity index (χ0n) is 11.3. The summed E-state index contributed by atoms with van der Waals surface area (Å²) in [7, 11) is 0. The van der Waals surface area contributed by atoms with Crippen molar-refractivity contribution in [3.05, 3.63) is 28.5 Å². The lowest BCUT2D eigenvalue weighted by molar-refractivity contribution is 0.233. The van der Waals surface area contributed by atoms with E-state index in [1.165, 1.54) is 0 Å².